The predicted molar refractivity (Wildman–Crippen MR) is 78.4 cm³/mol. The van der Waals surface area contributed by atoms with Crippen LogP contribution in [-0.4, -0.2) is 16.7 Å². The molecule has 0 radical (unpaired) electrons. The largest absolute Gasteiger partial charge is 0.366 e. The van der Waals surface area contributed by atoms with Crippen molar-refractivity contribution >= 4 is 17.3 Å². The third-order valence-electron chi connectivity index (χ3n) is 3.80. The van der Waals surface area contributed by atoms with Crippen LogP contribution in [0.4, 0.5) is 0 Å². The molecule has 1 heterocycles. The molecule has 1 aromatic rings. The van der Waals surface area contributed by atoms with Crippen molar-refractivity contribution in [3.8, 4) is 0 Å². The smallest absolute Gasteiger partial charge is 0.250 e. The average molecular weight is 272 g/mol. The van der Waals surface area contributed by atoms with Gasteiger partial charge in [-0.05, 0) is 42.4 Å². The number of carbonyl (C=O) groups is 2. The number of hydrogen-bond acceptors (Lipinski definition) is 3. The lowest BCUT2D eigenvalue weighted by Crippen LogP contribution is -2.19. The molecule has 2 N–H and O–H groups in total. The van der Waals surface area contributed by atoms with Gasteiger partial charge in [-0.25, -0.2) is 4.98 Å². The minimum atomic E-state index is -0.506. The molecule has 4 heteroatoms. The van der Waals surface area contributed by atoms with Gasteiger partial charge in [-0.1, -0.05) is 19.9 Å². The molecule has 0 fully saturated rings. The van der Waals surface area contributed by atoms with Crippen LogP contribution in [0.25, 0.3) is 5.57 Å². The van der Waals surface area contributed by atoms with Crippen molar-refractivity contribution in [3.63, 3.8) is 0 Å². The second-order valence-electron chi connectivity index (χ2n) is 6.11. The van der Waals surface area contributed by atoms with Gasteiger partial charge in [-0.3, -0.25) is 9.59 Å². The summed E-state index contributed by atoms with van der Waals surface area (Å²) < 4.78 is 0. The van der Waals surface area contributed by atoms with E-state index in [1.54, 1.807) is 12.1 Å². The maximum Gasteiger partial charge on any atom is 0.250 e. The van der Waals surface area contributed by atoms with E-state index in [9.17, 15) is 9.59 Å². The van der Waals surface area contributed by atoms with Gasteiger partial charge in [-0.15, -0.1) is 0 Å². The number of amides is 1. The molecule has 0 aliphatic heterocycles. The SMILES string of the molecule is CC(=O)c1ccc(C(N)=O)c(C2=CCC(C)(C)CC2)n1. The van der Waals surface area contributed by atoms with Crippen molar-refractivity contribution in [1.29, 1.82) is 0 Å². The molecule has 0 atom stereocenters. The monoisotopic (exact) mass is 272 g/mol. The summed E-state index contributed by atoms with van der Waals surface area (Å²) in [5.74, 6) is -0.618. The number of carbonyl (C=O) groups excluding carboxylic acids is 2. The average Bonchev–Trinajstić information content (AvgIpc) is 2.37. The fraction of sp³-hybridized carbons (Fsp3) is 0.438. The number of Topliss-reactive ketones (excluding diaryl/α,β-unsaturated/α-hetero) is 1. The normalized spacial score (nSPS) is 17.4. The van der Waals surface area contributed by atoms with E-state index in [1.807, 2.05) is 0 Å². The fourth-order valence-corrected chi connectivity index (χ4v) is 2.39. The van der Waals surface area contributed by atoms with Crippen molar-refractivity contribution in [2.75, 3.05) is 0 Å². The Morgan fingerprint density at radius 3 is 2.50 bits per heavy atom. The molecule has 2 rings (SSSR count). The van der Waals surface area contributed by atoms with Crippen LogP contribution in [0.5, 0.6) is 0 Å². The van der Waals surface area contributed by atoms with Crippen LogP contribution < -0.4 is 5.73 Å². The van der Waals surface area contributed by atoms with Gasteiger partial charge in [0.2, 0.25) is 0 Å². The van der Waals surface area contributed by atoms with Crippen LogP contribution in [0.15, 0.2) is 18.2 Å². The van der Waals surface area contributed by atoms with Gasteiger partial charge in [0.15, 0.2) is 5.78 Å². The van der Waals surface area contributed by atoms with Crippen molar-refractivity contribution in [2.24, 2.45) is 11.1 Å². The molecule has 0 unspecified atom stereocenters. The molecule has 0 saturated carbocycles. The molecule has 1 aromatic heterocycles. The van der Waals surface area contributed by atoms with E-state index in [2.05, 4.69) is 24.9 Å². The summed E-state index contributed by atoms with van der Waals surface area (Å²) >= 11 is 0. The van der Waals surface area contributed by atoms with E-state index in [1.165, 1.54) is 6.92 Å². The number of pyridine rings is 1. The first kappa shape index (κ1) is 14.4. The first-order valence-electron chi connectivity index (χ1n) is 6.81. The maximum absolute atomic E-state index is 11.5. The van der Waals surface area contributed by atoms with Crippen LogP contribution in [0.3, 0.4) is 0 Å². The van der Waals surface area contributed by atoms with E-state index >= 15 is 0 Å². The Balaban J connectivity index is 2.48. The molecule has 0 spiro atoms. The maximum atomic E-state index is 11.5. The number of nitrogens with two attached hydrogens (primary N) is 1. The standard InChI is InChI=1S/C16H20N2O2/c1-10(19)13-5-4-12(15(17)20)14(18-13)11-6-8-16(2,3)9-7-11/h4-6H,7-9H2,1-3H3,(H2,17,20). The van der Waals surface area contributed by atoms with Crippen molar-refractivity contribution in [2.45, 2.75) is 40.0 Å². The van der Waals surface area contributed by atoms with Gasteiger partial charge >= 0.3 is 0 Å². The number of ketones is 1. The summed E-state index contributed by atoms with van der Waals surface area (Å²) in [4.78, 5) is 27.4. The van der Waals surface area contributed by atoms with E-state index in [0.717, 1.165) is 24.8 Å². The lowest BCUT2D eigenvalue weighted by atomic mass is 9.77. The van der Waals surface area contributed by atoms with Gasteiger partial charge in [0.05, 0.1) is 11.3 Å². The molecule has 1 aliphatic carbocycles. The number of allylic oxidation sites excluding steroid dienone is 2. The first-order chi connectivity index (χ1) is 9.30. The summed E-state index contributed by atoms with van der Waals surface area (Å²) in [6, 6.07) is 3.15. The quantitative estimate of drug-likeness (QED) is 0.860. The van der Waals surface area contributed by atoms with Crippen molar-refractivity contribution in [1.82, 2.24) is 4.98 Å². The minimum absolute atomic E-state index is 0.112. The third kappa shape index (κ3) is 2.95. The lowest BCUT2D eigenvalue weighted by Gasteiger charge is -2.28. The molecular weight excluding hydrogens is 252 g/mol. The van der Waals surface area contributed by atoms with Gasteiger partial charge in [0, 0.05) is 6.92 Å². The molecular formula is C16H20N2O2. The Morgan fingerprint density at radius 1 is 1.30 bits per heavy atom. The van der Waals surface area contributed by atoms with Crippen molar-refractivity contribution < 1.29 is 9.59 Å². The van der Waals surface area contributed by atoms with Crippen molar-refractivity contribution in [3.05, 3.63) is 35.2 Å². The van der Waals surface area contributed by atoms with E-state index in [4.69, 9.17) is 5.73 Å². The van der Waals surface area contributed by atoms with Crippen LogP contribution >= 0.6 is 0 Å². The van der Waals surface area contributed by atoms with Gasteiger partial charge in [0.1, 0.15) is 5.69 Å². The summed E-state index contributed by atoms with van der Waals surface area (Å²) in [5.41, 5.74) is 8.03. The van der Waals surface area contributed by atoms with Gasteiger partial charge in [-0.2, -0.15) is 0 Å². The van der Waals surface area contributed by atoms with Crippen LogP contribution in [0, 0.1) is 5.41 Å². The summed E-state index contributed by atoms with van der Waals surface area (Å²) in [5, 5.41) is 0. The van der Waals surface area contributed by atoms with E-state index in [-0.39, 0.29) is 11.2 Å². The Labute approximate surface area is 119 Å². The van der Waals surface area contributed by atoms with Crippen LogP contribution in [-0.2, 0) is 0 Å². The molecule has 20 heavy (non-hydrogen) atoms. The zero-order chi connectivity index (χ0) is 14.9. The summed E-state index contributed by atoms with van der Waals surface area (Å²) in [7, 11) is 0. The zero-order valence-corrected chi connectivity index (χ0v) is 12.2. The molecule has 4 nitrogen and oxygen atoms in total. The molecule has 0 saturated heterocycles. The summed E-state index contributed by atoms with van der Waals surface area (Å²) in [6.45, 7) is 5.90. The Bertz CT molecular complexity index is 600. The Morgan fingerprint density at radius 2 is 2.00 bits per heavy atom. The number of hydrogen-bond donors (Lipinski definition) is 1. The summed E-state index contributed by atoms with van der Waals surface area (Å²) in [6.07, 6.45) is 4.93. The highest BCUT2D eigenvalue weighted by Crippen LogP contribution is 2.38. The molecule has 0 aromatic carbocycles. The van der Waals surface area contributed by atoms with Crippen LogP contribution in [0.2, 0.25) is 0 Å². The third-order valence-corrected chi connectivity index (χ3v) is 3.80. The number of rotatable bonds is 3. The molecule has 0 bridgehead atoms. The first-order valence-corrected chi connectivity index (χ1v) is 6.81. The topological polar surface area (TPSA) is 73.1 Å². The second kappa shape index (κ2) is 5.19. The Hall–Kier alpha value is -1.97. The highest BCUT2D eigenvalue weighted by molar-refractivity contribution is 5.99. The van der Waals surface area contributed by atoms with Gasteiger partial charge in [0.25, 0.3) is 5.91 Å². The Kier molecular flexibility index (Phi) is 3.75. The zero-order valence-electron chi connectivity index (χ0n) is 12.2. The minimum Gasteiger partial charge on any atom is -0.366 e. The lowest BCUT2D eigenvalue weighted by molar-refractivity contribution is 0.0990. The fourth-order valence-electron chi connectivity index (χ4n) is 2.39. The van der Waals surface area contributed by atoms with Gasteiger partial charge < -0.3 is 5.73 Å². The number of primary amides is 1. The highest BCUT2D eigenvalue weighted by atomic mass is 16.1. The van der Waals surface area contributed by atoms with E-state index < -0.39 is 5.91 Å². The molecule has 1 aliphatic rings. The number of aromatic nitrogens is 1. The number of nitrogens with zero attached hydrogens (tertiary/aromatic N) is 1. The van der Waals surface area contributed by atoms with E-state index in [0.29, 0.717) is 17.0 Å². The molecule has 1 amide bonds. The highest BCUT2D eigenvalue weighted by Gasteiger charge is 2.24. The predicted octanol–water partition coefficient (Wildman–Crippen LogP) is 2.98. The molecule has 106 valence electrons. The van der Waals surface area contributed by atoms with Crippen LogP contribution in [0.1, 0.15) is 66.6 Å². The second-order valence-corrected chi connectivity index (χ2v) is 6.11.